The Morgan fingerprint density at radius 3 is 2.58 bits per heavy atom. The lowest BCUT2D eigenvalue weighted by Crippen LogP contribution is -2.14. The molecule has 1 heterocycles. The molecule has 0 atom stereocenters. The molecule has 0 bridgehead atoms. The lowest BCUT2D eigenvalue weighted by Gasteiger charge is -2.12. The first-order valence-electron chi connectivity index (χ1n) is 5.48. The van der Waals surface area contributed by atoms with E-state index in [1.807, 2.05) is 0 Å². The van der Waals surface area contributed by atoms with Crippen LogP contribution in [0.3, 0.4) is 0 Å². The molecule has 0 saturated carbocycles. The molecular weight excluding hydrogens is 248 g/mol. The number of methoxy groups -OCH3 is 2. The van der Waals surface area contributed by atoms with Crippen molar-refractivity contribution >= 4 is 17.4 Å². The van der Waals surface area contributed by atoms with Crippen LogP contribution in [-0.4, -0.2) is 30.3 Å². The molecule has 0 fully saturated rings. The van der Waals surface area contributed by atoms with Gasteiger partial charge in [-0.1, -0.05) is 0 Å². The van der Waals surface area contributed by atoms with Gasteiger partial charge in [0.25, 0.3) is 5.91 Å². The van der Waals surface area contributed by atoms with E-state index in [1.54, 1.807) is 12.1 Å². The Morgan fingerprint density at radius 1 is 1.32 bits per heavy atom. The van der Waals surface area contributed by atoms with Crippen LogP contribution in [0.5, 0.6) is 11.5 Å². The van der Waals surface area contributed by atoms with Crippen LogP contribution in [0.2, 0.25) is 0 Å². The SMILES string of the molecule is COc1cc(N)c(C(=O)Nc2ccn[nH]2)cc1OC. The van der Waals surface area contributed by atoms with Gasteiger partial charge in [-0.05, 0) is 6.07 Å². The maximum absolute atomic E-state index is 12.1. The standard InChI is InChI=1S/C12H14N4O3/c1-18-9-5-7(8(13)6-10(9)19-2)12(17)15-11-3-4-14-16-11/h3-6H,13H2,1-2H3,(H2,14,15,16,17). The van der Waals surface area contributed by atoms with Crippen LogP contribution in [0.1, 0.15) is 10.4 Å². The highest BCUT2D eigenvalue weighted by atomic mass is 16.5. The Bertz CT molecular complexity index is 581. The van der Waals surface area contributed by atoms with E-state index in [0.29, 0.717) is 28.6 Å². The van der Waals surface area contributed by atoms with Gasteiger partial charge in [-0.15, -0.1) is 0 Å². The van der Waals surface area contributed by atoms with Crippen LogP contribution in [0, 0.1) is 0 Å². The number of benzene rings is 1. The minimum atomic E-state index is -0.359. The maximum atomic E-state index is 12.1. The fourth-order valence-corrected chi connectivity index (χ4v) is 1.61. The molecule has 7 heteroatoms. The molecule has 1 amide bonds. The fourth-order valence-electron chi connectivity index (χ4n) is 1.61. The van der Waals surface area contributed by atoms with Crippen LogP contribution in [0.15, 0.2) is 24.4 Å². The number of nitrogens with zero attached hydrogens (tertiary/aromatic N) is 1. The van der Waals surface area contributed by atoms with Crippen LogP contribution in [-0.2, 0) is 0 Å². The lowest BCUT2D eigenvalue weighted by molar-refractivity contribution is 0.102. The molecule has 7 nitrogen and oxygen atoms in total. The van der Waals surface area contributed by atoms with E-state index >= 15 is 0 Å². The molecule has 0 spiro atoms. The molecule has 0 saturated heterocycles. The van der Waals surface area contributed by atoms with Gasteiger partial charge in [-0.2, -0.15) is 5.10 Å². The summed E-state index contributed by atoms with van der Waals surface area (Å²) in [7, 11) is 2.99. The zero-order chi connectivity index (χ0) is 13.8. The third kappa shape index (κ3) is 2.59. The van der Waals surface area contributed by atoms with Gasteiger partial charge in [0.2, 0.25) is 0 Å². The number of anilines is 2. The average Bonchev–Trinajstić information content (AvgIpc) is 2.90. The van der Waals surface area contributed by atoms with E-state index < -0.39 is 0 Å². The molecule has 0 radical (unpaired) electrons. The topological polar surface area (TPSA) is 102 Å². The van der Waals surface area contributed by atoms with Crippen molar-refractivity contribution < 1.29 is 14.3 Å². The Morgan fingerprint density at radius 2 is 2.00 bits per heavy atom. The molecule has 0 unspecified atom stereocenters. The van der Waals surface area contributed by atoms with E-state index in [-0.39, 0.29) is 5.91 Å². The molecule has 0 aliphatic carbocycles. The molecule has 4 N–H and O–H groups in total. The number of nitrogen functional groups attached to an aromatic ring is 1. The van der Waals surface area contributed by atoms with Gasteiger partial charge < -0.3 is 20.5 Å². The Hall–Kier alpha value is -2.70. The summed E-state index contributed by atoms with van der Waals surface area (Å²) in [4.78, 5) is 12.1. The number of hydrogen-bond acceptors (Lipinski definition) is 5. The number of nitrogens with two attached hydrogens (primary N) is 1. The van der Waals surface area contributed by atoms with Crippen LogP contribution in [0.4, 0.5) is 11.5 Å². The van der Waals surface area contributed by atoms with Crippen molar-refractivity contribution in [1.29, 1.82) is 0 Å². The monoisotopic (exact) mass is 262 g/mol. The molecule has 19 heavy (non-hydrogen) atoms. The third-order valence-corrected chi connectivity index (χ3v) is 2.55. The summed E-state index contributed by atoms with van der Waals surface area (Å²) >= 11 is 0. The lowest BCUT2D eigenvalue weighted by atomic mass is 10.1. The minimum absolute atomic E-state index is 0.298. The van der Waals surface area contributed by atoms with Gasteiger partial charge in [0.05, 0.1) is 26.0 Å². The van der Waals surface area contributed by atoms with Crippen molar-refractivity contribution in [2.45, 2.75) is 0 Å². The summed E-state index contributed by atoms with van der Waals surface area (Å²) in [5.41, 5.74) is 6.43. The molecular formula is C12H14N4O3. The quantitative estimate of drug-likeness (QED) is 0.720. The van der Waals surface area contributed by atoms with Crippen LogP contribution in [0.25, 0.3) is 0 Å². The van der Waals surface area contributed by atoms with Gasteiger partial charge in [-0.25, -0.2) is 0 Å². The molecule has 0 aliphatic heterocycles. The molecule has 100 valence electrons. The van der Waals surface area contributed by atoms with Gasteiger partial charge in [-0.3, -0.25) is 9.89 Å². The fraction of sp³-hybridized carbons (Fsp3) is 0.167. The number of nitrogens with one attached hydrogen (secondary N) is 2. The number of rotatable bonds is 4. The largest absolute Gasteiger partial charge is 0.493 e. The average molecular weight is 262 g/mol. The van der Waals surface area contributed by atoms with E-state index in [4.69, 9.17) is 15.2 Å². The number of aromatic amines is 1. The predicted molar refractivity (Wildman–Crippen MR) is 70.5 cm³/mol. The summed E-state index contributed by atoms with van der Waals surface area (Å²) in [6.07, 6.45) is 1.54. The van der Waals surface area contributed by atoms with Gasteiger partial charge >= 0.3 is 0 Å². The number of hydrogen-bond donors (Lipinski definition) is 3. The van der Waals surface area contributed by atoms with E-state index in [9.17, 15) is 4.79 Å². The maximum Gasteiger partial charge on any atom is 0.259 e. The normalized spacial score (nSPS) is 10.0. The van der Waals surface area contributed by atoms with Crippen molar-refractivity contribution in [3.05, 3.63) is 30.0 Å². The summed E-state index contributed by atoms with van der Waals surface area (Å²) in [6.45, 7) is 0. The minimum Gasteiger partial charge on any atom is -0.493 e. The smallest absolute Gasteiger partial charge is 0.259 e. The first kappa shape index (κ1) is 12.7. The van der Waals surface area contributed by atoms with Gasteiger partial charge in [0, 0.05) is 17.8 Å². The Kier molecular flexibility index (Phi) is 3.56. The van der Waals surface area contributed by atoms with E-state index in [0.717, 1.165) is 0 Å². The summed E-state index contributed by atoms with van der Waals surface area (Å²) < 4.78 is 10.2. The van der Waals surface area contributed by atoms with E-state index in [2.05, 4.69) is 15.5 Å². The highest BCUT2D eigenvalue weighted by Crippen LogP contribution is 2.32. The second-order valence-corrected chi connectivity index (χ2v) is 3.72. The molecule has 2 aromatic rings. The molecule has 2 rings (SSSR count). The number of amides is 1. The van der Waals surface area contributed by atoms with Crippen LogP contribution < -0.4 is 20.5 Å². The highest BCUT2D eigenvalue weighted by Gasteiger charge is 2.15. The van der Waals surface area contributed by atoms with Crippen molar-refractivity contribution in [2.24, 2.45) is 0 Å². The van der Waals surface area contributed by atoms with Crippen molar-refractivity contribution in [1.82, 2.24) is 10.2 Å². The first-order chi connectivity index (χ1) is 9.15. The molecule has 0 aliphatic rings. The van der Waals surface area contributed by atoms with Crippen molar-refractivity contribution in [2.75, 3.05) is 25.3 Å². The number of carbonyl (C=O) groups excluding carboxylic acids is 1. The predicted octanol–water partition coefficient (Wildman–Crippen LogP) is 1.26. The second kappa shape index (κ2) is 5.30. The highest BCUT2D eigenvalue weighted by molar-refractivity contribution is 6.07. The Labute approximate surface area is 109 Å². The molecule has 1 aromatic heterocycles. The van der Waals surface area contributed by atoms with Gasteiger partial charge in [0.1, 0.15) is 5.82 Å². The second-order valence-electron chi connectivity index (χ2n) is 3.72. The molecule has 1 aromatic carbocycles. The number of H-pyrrole nitrogens is 1. The third-order valence-electron chi connectivity index (χ3n) is 2.55. The van der Waals surface area contributed by atoms with Crippen LogP contribution >= 0.6 is 0 Å². The number of aromatic nitrogens is 2. The Balaban J connectivity index is 2.31. The first-order valence-corrected chi connectivity index (χ1v) is 5.48. The zero-order valence-corrected chi connectivity index (χ0v) is 10.6. The van der Waals surface area contributed by atoms with Crippen molar-refractivity contribution in [3.8, 4) is 11.5 Å². The number of ether oxygens (including phenoxy) is 2. The van der Waals surface area contributed by atoms with Crippen molar-refractivity contribution in [3.63, 3.8) is 0 Å². The number of carbonyl (C=O) groups is 1. The summed E-state index contributed by atoms with van der Waals surface area (Å²) in [6, 6.07) is 4.70. The summed E-state index contributed by atoms with van der Waals surface area (Å²) in [5, 5.41) is 9.00. The zero-order valence-electron chi connectivity index (χ0n) is 10.6. The summed E-state index contributed by atoms with van der Waals surface area (Å²) in [5.74, 6) is 1.03. The van der Waals surface area contributed by atoms with E-state index in [1.165, 1.54) is 26.5 Å². The van der Waals surface area contributed by atoms with Gasteiger partial charge in [0.15, 0.2) is 11.5 Å².